The molecule has 0 spiro atoms. The van der Waals surface area contributed by atoms with Crippen LogP contribution >= 0.6 is 0 Å². The molecule has 1 atom stereocenters. The van der Waals surface area contributed by atoms with Gasteiger partial charge in [0.1, 0.15) is 5.75 Å². The van der Waals surface area contributed by atoms with Gasteiger partial charge in [-0.2, -0.15) is 0 Å². The van der Waals surface area contributed by atoms with E-state index >= 15 is 0 Å². The van der Waals surface area contributed by atoms with Gasteiger partial charge in [-0.25, -0.2) is 0 Å². The first-order valence-electron chi connectivity index (χ1n) is 10.0. The monoisotopic (exact) mass is 387 g/mol. The molecule has 1 aliphatic heterocycles. The molecule has 3 heterocycles. The lowest BCUT2D eigenvalue weighted by Crippen LogP contribution is -2.40. The average molecular weight is 387 g/mol. The Kier molecular flexibility index (Phi) is 5.84. The van der Waals surface area contributed by atoms with Crippen molar-refractivity contribution in [3.63, 3.8) is 0 Å². The van der Waals surface area contributed by atoms with E-state index in [9.17, 15) is 4.79 Å². The second kappa shape index (κ2) is 8.86. The number of carbonyl (C=O) groups is 1. The molecule has 0 N–H and O–H groups in total. The number of likely N-dealkylation sites (tertiary alicyclic amines) is 1. The van der Waals surface area contributed by atoms with E-state index in [0.29, 0.717) is 13.0 Å². The number of carbonyl (C=O) groups excluding carboxylic acids is 1. The van der Waals surface area contributed by atoms with Crippen LogP contribution in [0.2, 0.25) is 0 Å². The molecule has 0 aliphatic carbocycles. The van der Waals surface area contributed by atoms with Crippen molar-refractivity contribution < 1.29 is 9.53 Å². The van der Waals surface area contributed by atoms with Crippen molar-refractivity contribution >= 4 is 5.91 Å². The highest BCUT2D eigenvalue weighted by Crippen LogP contribution is 2.31. The smallest absolute Gasteiger partial charge is 0.228 e. The number of amides is 1. The van der Waals surface area contributed by atoms with Gasteiger partial charge in [0.15, 0.2) is 0 Å². The molecule has 1 amide bonds. The van der Waals surface area contributed by atoms with E-state index in [0.717, 1.165) is 47.8 Å². The lowest BCUT2D eigenvalue weighted by molar-refractivity contribution is -0.131. The fraction of sp³-hybridized carbons (Fsp3) is 0.292. The number of benzene rings is 1. The first-order valence-corrected chi connectivity index (χ1v) is 10.0. The maximum atomic E-state index is 12.8. The summed E-state index contributed by atoms with van der Waals surface area (Å²) < 4.78 is 5.49. The number of piperidine rings is 1. The van der Waals surface area contributed by atoms with Gasteiger partial charge in [-0.1, -0.05) is 24.3 Å². The van der Waals surface area contributed by atoms with Gasteiger partial charge >= 0.3 is 0 Å². The van der Waals surface area contributed by atoms with Gasteiger partial charge in [-0.15, -0.1) is 0 Å². The van der Waals surface area contributed by atoms with Crippen LogP contribution in [0, 0.1) is 0 Å². The summed E-state index contributed by atoms with van der Waals surface area (Å²) in [6.07, 6.45) is 4.10. The minimum Gasteiger partial charge on any atom is -0.496 e. The number of aromatic nitrogens is 2. The van der Waals surface area contributed by atoms with E-state index in [-0.39, 0.29) is 11.8 Å². The Morgan fingerprint density at radius 1 is 1.10 bits per heavy atom. The zero-order valence-electron chi connectivity index (χ0n) is 16.6. The number of pyridine rings is 2. The second-order valence-corrected chi connectivity index (χ2v) is 7.32. The van der Waals surface area contributed by atoms with Gasteiger partial charge in [0.25, 0.3) is 0 Å². The van der Waals surface area contributed by atoms with E-state index in [2.05, 4.69) is 11.1 Å². The zero-order chi connectivity index (χ0) is 20.1. The largest absolute Gasteiger partial charge is 0.496 e. The molecule has 5 heteroatoms. The number of hydrogen-bond acceptors (Lipinski definition) is 4. The minimum atomic E-state index is 0.134. The summed E-state index contributed by atoms with van der Waals surface area (Å²) in [5.74, 6) is 1.19. The third-order valence-corrected chi connectivity index (χ3v) is 5.40. The molecule has 2 aromatic heterocycles. The van der Waals surface area contributed by atoms with Crippen molar-refractivity contribution in [2.24, 2.45) is 0 Å². The van der Waals surface area contributed by atoms with Crippen molar-refractivity contribution in [3.05, 3.63) is 78.2 Å². The maximum absolute atomic E-state index is 12.8. The predicted molar refractivity (Wildman–Crippen MR) is 113 cm³/mol. The lowest BCUT2D eigenvalue weighted by atomic mass is 9.93. The Labute approximate surface area is 171 Å². The molecule has 148 valence electrons. The Bertz CT molecular complexity index is 975. The van der Waals surface area contributed by atoms with Gasteiger partial charge in [0.05, 0.1) is 19.2 Å². The molecule has 4 rings (SSSR count). The highest BCUT2D eigenvalue weighted by atomic mass is 16.5. The van der Waals surface area contributed by atoms with Crippen molar-refractivity contribution in [1.29, 1.82) is 0 Å². The lowest BCUT2D eigenvalue weighted by Gasteiger charge is -2.32. The summed E-state index contributed by atoms with van der Waals surface area (Å²) in [6, 6.07) is 19.7. The predicted octanol–water partition coefficient (Wildman–Crippen LogP) is 4.10. The summed E-state index contributed by atoms with van der Waals surface area (Å²) in [6.45, 7) is 1.50. The second-order valence-electron chi connectivity index (χ2n) is 7.32. The summed E-state index contributed by atoms with van der Waals surface area (Å²) in [5, 5.41) is 0. The molecule has 1 saturated heterocycles. The van der Waals surface area contributed by atoms with E-state index in [1.807, 2.05) is 59.5 Å². The van der Waals surface area contributed by atoms with Crippen LogP contribution in [0.25, 0.3) is 11.3 Å². The number of rotatable bonds is 5. The molecule has 5 nitrogen and oxygen atoms in total. The summed E-state index contributed by atoms with van der Waals surface area (Å²) >= 11 is 0. The number of nitrogens with zero attached hydrogens (tertiary/aromatic N) is 3. The van der Waals surface area contributed by atoms with Crippen LogP contribution < -0.4 is 4.74 Å². The minimum absolute atomic E-state index is 0.134. The Balaban J connectivity index is 1.50. The van der Waals surface area contributed by atoms with Crippen LogP contribution in [0.4, 0.5) is 0 Å². The topological polar surface area (TPSA) is 55.3 Å². The molecule has 29 heavy (non-hydrogen) atoms. The molecule has 3 aromatic rings. The van der Waals surface area contributed by atoms with Crippen molar-refractivity contribution in [3.8, 4) is 17.0 Å². The number of methoxy groups -OCH3 is 1. The van der Waals surface area contributed by atoms with Gasteiger partial charge in [0.2, 0.25) is 5.91 Å². The third kappa shape index (κ3) is 4.45. The maximum Gasteiger partial charge on any atom is 0.228 e. The summed E-state index contributed by atoms with van der Waals surface area (Å²) in [5.41, 5.74) is 3.73. The highest BCUT2D eigenvalue weighted by Gasteiger charge is 2.26. The van der Waals surface area contributed by atoms with Crippen molar-refractivity contribution in [2.75, 3.05) is 20.2 Å². The first kappa shape index (κ1) is 19.1. The molecule has 0 saturated carbocycles. The summed E-state index contributed by atoms with van der Waals surface area (Å²) in [7, 11) is 1.68. The number of hydrogen-bond donors (Lipinski definition) is 0. The number of para-hydroxylation sites is 1. The third-order valence-electron chi connectivity index (χ3n) is 5.40. The van der Waals surface area contributed by atoms with Gasteiger partial charge in [-0.3, -0.25) is 14.8 Å². The van der Waals surface area contributed by atoms with Crippen LogP contribution in [0.5, 0.6) is 5.75 Å². The van der Waals surface area contributed by atoms with Crippen LogP contribution in [0.1, 0.15) is 30.1 Å². The molecular weight excluding hydrogens is 362 g/mol. The molecule has 0 radical (unpaired) electrons. The van der Waals surface area contributed by atoms with E-state index in [4.69, 9.17) is 9.72 Å². The Hall–Kier alpha value is -3.21. The van der Waals surface area contributed by atoms with Crippen LogP contribution in [-0.4, -0.2) is 41.0 Å². The fourth-order valence-electron chi connectivity index (χ4n) is 3.90. The molecule has 0 unspecified atom stereocenters. The Morgan fingerprint density at radius 3 is 2.79 bits per heavy atom. The van der Waals surface area contributed by atoms with Crippen LogP contribution in [0.15, 0.2) is 66.9 Å². The Morgan fingerprint density at radius 2 is 1.97 bits per heavy atom. The van der Waals surface area contributed by atoms with Gasteiger partial charge in [0, 0.05) is 42.2 Å². The normalized spacial score (nSPS) is 16.4. The molecule has 1 fully saturated rings. The standard InChI is InChI=1S/C24H25N3O2/c1-29-23-13-3-2-10-20(23)22-12-6-11-21(26-22)18-8-7-15-27(17-18)24(28)16-19-9-4-5-14-25-19/h2-6,9-14,18H,7-8,15-17H2,1H3/t18-/m0/s1. The highest BCUT2D eigenvalue weighted by molar-refractivity contribution is 5.78. The van der Waals surface area contributed by atoms with Crippen LogP contribution in [0.3, 0.4) is 0 Å². The van der Waals surface area contributed by atoms with Crippen LogP contribution in [-0.2, 0) is 11.2 Å². The van der Waals surface area contributed by atoms with E-state index < -0.39 is 0 Å². The first-order chi connectivity index (χ1) is 14.2. The molecule has 0 bridgehead atoms. The van der Waals surface area contributed by atoms with Gasteiger partial charge < -0.3 is 9.64 Å². The average Bonchev–Trinajstić information content (AvgIpc) is 2.80. The van der Waals surface area contributed by atoms with Crippen molar-refractivity contribution in [1.82, 2.24) is 14.9 Å². The molecule has 1 aromatic carbocycles. The van der Waals surface area contributed by atoms with Gasteiger partial charge in [-0.05, 0) is 49.2 Å². The fourth-order valence-corrected chi connectivity index (χ4v) is 3.90. The van der Waals surface area contributed by atoms with Crippen molar-refractivity contribution in [2.45, 2.75) is 25.2 Å². The van der Waals surface area contributed by atoms with E-state index in [1.165, 1.54) is 0 Å². The van der Waals surface area contributed by atoms with E-state index in [1.54, 1.807) is 13.3 Å². The summed E-state index contributed by atoms with van der Waals surface area (Å²) in [4.78, 5) is 23.9. The number of ether oxygens (including phenoxy) is 1. The molecular formula is C24H25N3O2. The zero-order valence-corrected chi connectivity index (χ0v) is 16.6. The molecule has 1 aliphatic rings. The SMILES string of the molecule is COc1ccccc1-c1cccc([C@H]2CCCN(C(=O)Cc3ccccn3)C2)n1. The quantitative estimate of drug-likeness (QED) is 0.661.